The zero-order valence-corrected chi connectivity index (χ0v) is 10.5. The maximum atomic E-state index is 9.10. The summed E-state index contributed by atoms with van der Waals surface area (Å²) in [4.78, 5) is 22.2. The molecule has 3 N–H and O–H groups in total. The molecule has 0 saturated heterocycles. The molecule has 0 spiro atoms. The van der Waals surface area contributed by atoms with E-state index in [2.05, 4.69) is 10.3 Å². The van der Waals surface area contributed by atoms with Crippen LogP contribution in [0.15, 0.2) is 47.3 Å². The molecule has 0 bridgehead atoms. The monoisotopic (exact) mass is 278 g/mol. The largest absolute Gasteiger partial charge is 0.473 e. The van der Waals surface area contributed by atoms with Gasteiger partial charge in [-0.3, -0.25) is 4.98 Å². The van der Waals surface area contributed by atoms with Gasteiger partial charge in [-0.05, 0) is 29.8 Å². The Kier molecular flexibility index (Phi) is 6.49. The maximum Gasteiger partial charge on any atom is 0.414 e. The molecule has 2 rings (SSSR count). The number of hydrogen-bond donors (Lipinski definition) is 3. The van der Waals surface area contributed by atoms with E-state index in [9.17, 15) is 0 Å². The van der Waals surface area contributed by atoms with Crippen LogP contribution in [0, 0.1) is 0 Å². The topological polar surface area (TPSA) is 113 Å². The van der Waals surface area contributed by atoms with Crippen molar-refractivity contribution in [1.82, 2.24) is 10.3 Å². The van der Waals surface area contributed by atoms with Crippen LogP contribution in [0.5, 0.6) is 0 Å². The normalized spacial score (nSPS) is 9.40. The summed E-state index contributed by atoms with van der Waals surface area (Å²) in [5.41, 5.74) is 1.23. The summed E-state index contributed by atoms with van der Waals surface area (Å²) in [6.45, 7) is 1.60. The maximum absolute atomic E-state index is 9.10. The molecule has 2 aromatic rings. The molecule has 2 aromatic heterocycles. The molecule has 0 aliphatic heterocycles. The number of aliphatic carboxylic acids is 2. The van der Waals surface area contributed by atoms with Crippen molar-refractivity contribution < 1.29 is 24.2 Å². The van der Waals surface area contributed by atoms with E-state index < -0.39 is 11.9 Å². The van der Waals surface area contributed by atoms with Gasteiger partial charge in [-0.15, -0.1) is 0 Å². The van der Waals surface area contributed by atoms with Crippen LogP contribution in [0.1, 0.15) is 11.3 Å². The van der Waals surface area contributed by atoms with Gasteiger partial charge in [0.25, 0.3) is 0 Å². The van der Waals surface area contributed by atoms with E-state index in [1.165, 1.54) is 5.56 Å². The lowest BCUT2D eigenvalue weighted by atomic mass is 10.3. The van der Waals surface area contributed by atoms with E-state index in [0.717, 1.165) is 18.8 Å². The molecular weight excluding hydrogens is 264 g/mol. The van der Waals surface area contributed by atoms with Gasteiger partial charge >= 0.3 is 11.9 Å². The van der Waals surface area contributed by atoms with Crippen molar-refractivity contribution in [2.75, 3.05) is 0 Å². The van der Waals surface area contributed by atoms with Crippen LogP contribution in [0.3, 0.4) is 0 Å². The quantitative estimate of drug-likeness (QED) is 0.718. The summed E-state index contributed by atoms with van der Waals surface area (Å²) in [7, 11) is 0. The number of carboxylic acids is 2. The Labute approximate surface area is 114 Å². The molecule has 0 aliphatic rings. The lowest BCUT2D eigenvalue weighted by molar-refractivity contribution is -0.159. The van der Waals surface area contributed by atoms with Crippen LogP contribution < -0.4 is 5.32 Å². The molecule has 0 fully saturated rings. The SMILES string of the molecule is O=C(O)C(=O)O.c1coc(CNCc2ccncc2)c1. The number of nitrogens with one attached hydrogen (secondary N) is 1. The zero-order valence-electron chi connectivity index (χ0n) is 10.5. The third-order valence-electron chi connectivity index (χ3n) is 2.14. The minimum absolute atomic E-state index is 0.759. The summed E-state index contributed by atoms with van der Waals surface area (Å²) in [5, 5.41) is 18.1. The van der Waals surface area contributed by atoms with Gasteiger partial charge in [-0.1, -0.05) is 0 Å². The van der Waals surface area contributed by atoms with E-state index in [4.69, 9.17) is 24.2 Å². The molecule has 0 radical (unpaired) electrons. The molecule has 2 heterocycles. The van der Waals surface area contributed by atoms with Crippen LogP contribution >= 0.6 is 0 Å². The first-order valence-corrected chi connectivity index (χ1v) is 5.68. The number of pyridine rings is 1. The fraction of sp³-hybridized carbons (Fsp3) is 0.154. The highest BCUT2D eigenvalue weighted by atomic mass is 16.4. The van der Waals surface area contributed by atoms with Gasteiger partial charge in [-0.25, -0.2) is 9.59 Å². The van der Waals surface area contributed by atoms with Gasteiger partial charge in [0.1, 0.15) is 5.76 Å². The van der Waals surface area contributed by atoms with Crippen LogP contribution in [-0.2, 0) is 22.7 Å². The van der Waals surface area contributed by atoms with Gasteiger partial charge in [0.05, 0.1) is 12.8 Å². The zero-order chi connectivity index (χ0) is 14.8. The molecule has 0 unspecified atom stereocenters. The predicted molar refractivity (Wildman–Crippen MR) is 68.8 cm³/mol. The number of furan rings is 1. The smallest absolute Gasteiger partial charge is 0.414 e. The van der Waals surface area contributed by atoms with Crippen molar-refractivity contribution in [3.05, 3.63) is 54.2 Å². The number of rotatable bonds is 4. The predicted octanol–water partition coefficient (Wildman–Crippen LogP) is 1.12. The minimum atomic E-state index is -1.82. The molecular formula is C13H14N2O5. The Hall–Kier alpha value is -2.67. The van der Waals surface area contributed by atoms with E-state index in [1.54, 1.807) is 18.7 Å². The third-order valence-corrected chi connectivity index (χ3v) is 2.14. The van der Waals surface area contributed by atoms with Crippen molar-refractivity contribution in [3.63, 3.8) is 0 Å². The first-order chi connectivity index (χ1) is 9.59. The summed E-state index contributed by atoms with van der Waals surface area (Å²) >= 11 is 0. The highest BCUT2D eigenvalue weighted by molar-refractivity contribution is 6.27. The average molecular weight is 278 g/mol. The lowest BCUT2D eigenvalue weighted by Crippen LogP contribution is -2.11. The summed E-state index contributed by atoms with van der Waals surface area (Å²) in [6, 6.07) is 7.84. The lowest BCUT2D eigenvalue weighted by Gasteiger charge is -2.01. The Morgan fingerprint density at radius 2 is 1.75 bits per heavy atom. The van der Waals surface area contributed by atoms with Gasteiger partial charge in [0, 0.05) is 18.9 Å². The minimum Gasteiger partial charge on any atom is -0.473 e. The molecule has 0 aromatic carbocycles. The van der Waals surface area contributed by atoms with Gasteiger partial charge < -0.3 is 19.9 Å². The van der Waals surface area contributed by atoms with E-state index >= 15 is 0 Å². The molecule has 0 aliphatic carbocycles. The van der Waals surface area contributed by atoms with Crippen molar-refractivity contribution in [2.45, 2.75) is 13.1 Å². The van der Waals surface area contributed by atoms with Gasteiger partial charge in [0.15, 0.2) is 0 Å². The molecule has 7 nitrogen and oxygen atoms in total. The van der Waals surface area contributed by atoms with Crippen LogP contribution in [0.25, 0.3) is 0 Å². The van der Waals surface area contributed by atoms with Crippen LogP contribution in [0.4, 0.5) is 0 Å². The number of aromatic nitrogens is 1. The Balaban J connectivity index is 0.000000286. The van der Waals surface area contributed by atoms with E-state index in [-0.39, 0.29) is 0 Å². The average Bonchev–Trinajstić information content (AvgIpc) is 2.94. The number of hydrogen-bond acceptors (Lipinski definition) is 5. The molecule has 0 saturated carbocycles. The fourth-order valence-electron chi connectivity index (χ4n) is 1.24. The van der Waals surface area contributed by atoms with E-state index in [1.807, 2.05) is 24.3 Å². The number of carboxylic acid groups (broad SMARTS) is 2. The Bertz CT molecular complexity index is 513. The van der Waals surface area contributed by atoms with E-state index in [0.29, 0.717) is 0 Å². The first-order valence-electron chi connectivity index (χ1n) is 5.68. The van der Waals surface area contributed by atoms with Crippen molar-refractivity contribution >= 4 is 11.9 Å². The molecule has 7 heteroatoms. The summed E-state index contributed by atoms with van der Waals surface area (Å²) in [5.74, 6) is -2.69. The number of nitrogens with zero attached hydrogens (tertiary/aromatic N) is 1. The Morgan fingerprint density at radius 1 is 1.10 bits per heavy atom. The Morgan fingerprint density at radius 3 is 2.25 bits per heavy atom. The van der Waals surface area contributed by atoms with Gasteiger partial charge in [0.2, 0.25) is 0 Å². The summed E-state index contributed by atoms with van der Waals surface area (Å²) in [6.07, 6.45) is 5.28. The second kappa shape index (κ2) is 8.44. The van der Waals surface area contributed by atoms with Crippen molar-refractivity contribution in [1.29, 1.82) is 0 Å². The van der Waals surface area contributed by atoms with Crippen molar-refractivity contribution in [3.8, 4) is 0 Å². The summed E-state index contributed by atoms with van der Waals surface area (Å²) < 4.78 is 5.20. The van der Waals surface area contributed by atoms with Crippen LogP contribution in [-0.4, -0.2) is 27.1 Å². The second-order valence-corrected chi connectivity index (χ2v) is 3.65. The molecule has 0 amide bonds. The highest BCUT2D eigenvalue weighted by Gasteiger charge is 2.04. The van der Waals surface area contributed by atoms with Crippen LogP contribution in [0.2, 0.25) is 0 Å². The van der Waals surface area contributed by atoms with Crippen molar-refractivity contribution in [2.24, 2.45) is 0 Å². The molecule has 20 heavy (non-hydrogen) atoms. The molecule has 106 valence electrons. The highest BCUT2D eigenvalue weighted by Crippen LogP contribution is 2.00. The second-order valence-electron chi connectivity index (χ2n) is 3.65. The fourth-order valence-corrected chi connectivity index (χ4v) is 1.24. The van der Waals surface area contributed by atoms with Gasteiger partial charge in [-0.2, -0.15) is 0 Å². The number of carbonyl (C=O) groups is 2. The third kappa shape index (κ3) is 6.31. The molecule has 0 atom stereocenters. The first kappa shape index (κ1) is 15.4. The standard InChI is InChI=1S/C11H12N2O.C2H2O4/c1-2-11(14-7-1)9-13-8-10-3-5-12-6-4-10;3-1(4)2(5)6/h1-7,13H,8-9H2;(H,3,4)(H,5,6).